The number of aromatic nitrogens is 2. The summed E-state index contributed by atoms with van der Waals surface area (Å²) >= 11 is 0. The largest absolute Gasteiger partial charge is 0.427 e. The van der Waals surface area contributed by atoms with Gasteiger partial charge >= 0.3 is 5.76 Å². The molecule has 6 nitrogen and oxygen atoms in total. The number of oxazole rings is 1. The Morgan fingerprint density at radius 3 is 2.74 bits per heavy atom. The number of fused-ring (bicyclic) bond motifs is 2. The fraction of sp³-hybridized carbons (Fsp3) is 0.0588. The maximum atomic E-state index is 12.8. The first-order chi connectivity index (χ1) is 11.0. The smallest absolute Gasteiger partial charge is 0.407 e. The number of carbonyl (C=O) groups excluding carboxylic acids is 1. The predicted octanol–water partition coefficient (Wildman–Crippen LogP) is 2.36. The van der Waals surface area contributed by atoms with Gasteiger partial charge in [-0.25, -0.2) is 9.36 Å². The normalized spacial score (nSPS) is 11.3. The Hall–Kier alpha value is -3.28. The van der Waals surface area contributed by atoms with Crippen molar-refractivity contribution in [3.63, 3.8) is 0 Å². The van der Waals surface area contributed by atoms with Gasteiger partial charge in [0, 0.05) is 36.1 Å². The SMILES string of the molecule is Cn1ccc2ccc(C(=O)n3c(=O)oc4cc(N)ccc43)cc21. The molecule has 23 heavy (non-hydrogen) atoms. The Balaban J connectivity index is 1.92. The van der Waals surface area contributed by atoms with Gasteiger partial charge in [-0.1, -0.05) is 6.07 Å². The van der Waals surface area contributed by atoms with Crippen LogP contribution in [0.3, 0.4) is 0 Å². The molecular weight excluding hydrogens is 294 g/mol. The highest BCUT2D eigenvalue weighted by Gasteiger charge is 2.18. The number of rotatable bonds is 1. The van der Waals surface area contributed by atoms with Gasteiger partial charge in [0.1, 0.15) is 0 Å². The van der Waals surface area contributed by atoms with Crippen molar-refractivity contribution in [2.45, 2.75) is 0 Å². The highest BCUT2D eigenvalue weighted by molar-refractivity contribution is 6.03. The summed E-state index contributed by atoms with van der Waals surface area (Å²) in [6.07, 6.45) is 1.92. The van der Waals surface area contributed by atoms with E-state index in [-0.39, 0.29) is 0 Å². The van der Waals surface area contributed by atoms with E-state index in [1.54, 1.807) is 24.3 Å². The van der Waals surface area contributed by atoms with Crippen LogP contribution in [0.5, 0.6) is 0 Å². The molecule has 0 aliphatic rings. The molecule has 0 radical (unpaired) electrons. The minimum atomic E-state index is -0.720. The van der Waals surface area contributed by atoms with Crippen molar-refractivity contribution in [3.05, 3.63) is 64.8 Å². The van der Waals surface area contributed by atoms with Crippen LogP contribution < -0.4 is 11.5 Å². The Bertz CT molecular complexity index is 1130. The number of nitrogens with zero attached hydrogens (tertiary/aromatic N) is 2. The van der Waals surface area contributed by atoms with Gasteiger partial charge in [0.05, 0.1) is 5.52 Å². The lowest BCUT2D eigenvalue weighted by Crippen LogP contribution is -2.23. The molecule has 0 saturated heterocycles. The van der Waals surface area contributed by atoms with Crippen LogP contribution in [0.15, 0.2) is 57.9 Å². The van der Waals surface area contributed by atoms with Crippen molar-refractivity contribution < 1.29 is 9.21 Å². The maximum Gasteiger partial charge on any atom is 0.427 e. The van der Waals surface area contributed by atoms with Gasteiger partial charge in [-0.2, -0.15) is 0 Å². The van der Waals surface area contributed by atoms with E-state index in [0.717, 1.165) is 15.5 Å². The van der Waals surface area contributed by atoms with E-state index in [4.69, 9.17) is 10.2 Å². The molecule has 2 N–H and O–H groups in total. The molecule has 2 aromatic carbocycles. The average molecular weight is 307 g/mol. The summed E-state index contributed by atoms with van der Waals surface area (Å²) in [5, 5.41) is 1.03. The van der Waals surface area contributed by atoms with Crippen LogP contribution in [0.2, 0.25) is 0 Å². The molecule has 4 rings (SSSR count). The topological polar surface area (TPSA) is 83.2 Å². The van der Waals surface area contributed by atoms with Gasteiger partial charge in [0.2, 0.25) is 0 Å². The number of aryl methyl sites for hydroxylation is 1. The summed E-state index contributed by atoms with van der Waals surface area (Å²) in [5.41, 5.74) is 8.18. The molecule has 2 aromatic heterocycles. The van der Waals surface area contributed by atoms with Gasteiger partial charge < -0.3 is 14.7 Å². The van der Waals surface area contributed by atoms with Gasteiger partial charge in [-0.15, -0.1) is 0 Å². The van der Waals surface area contributed by atoms with Crippen LogP contribution in [0, 0.1) is 0 Å². The first-order valence-electron chi connectivity index (χ1n) is 7.05. The standard InChI is InChI=1S/C17H13N3O3/c1-19-7-6-10-2-3-11(8-14(10)19)16(21)20-13-5-4-12(18)9-15(13)23-17(20)22/h2-9H,18H2,1H3. The maximum absolute atomic E-state index is 12.8. The van der Waals surface area contributed by atoms with Crippen molar-refractivity contribution >= 4 is 33.6 Å². The van der Waals surface area contributed by atoms with Gasteiger partial charge in [0.25, 0.3) is 5.91 Å². The Labute approximate surface area is 130 Å². The molecule has 0 amide bonds. The summed E-state index contributed by atoms with van der Waals surface area (Å²) in [6.45, 7) is 0. The summed E-state index contributed by atoms with van der Waals surface area (Å²) in [7, 11) is 1.90. The third-order valence-corrected chi connectivity index (χ3v) is 3.94. The molecule has 6 heteroatoms. The number of anilines is 1. The fourth-order valence-electron chi connectivity index (χ4n) is 2.75. The number of nitrogen functional groups attached to an aromatic ring is 1. The summed E-state index contributed by atoms with van der Waals surface area (Å²) in [4.78, 5) is 24.8. The van der Waals surface area contributed by atoms with E-state index >= 15 is 0 Å². The Morgan fingerprint density at radius 1 is 1.09 bits per heavy atom. The van der Waals surface area contributed by atoms with E-state index in [2.05, 4.69) is 0 Å². The number of nitrogens with two attached hydrogens (primary N) is 1. The van der Waals surface area contributed by atoms with Crippen LogP contribution in [0.25, 0.3) is 22.0 Å². The van der Waals surface area contributed by atoms with Crippen LogP contribution >= 0.6 is 0 Å². The Kier molecular flexibility index (Phi) is 2.68. The third kappa shape index (κ3) is 1.96. The molecule has 0 fully saturated rings. The zero-order chi connectivity index (χ0) is 16.1. The van der Waals surface area contributed by atoms with Crippen molar-refractivity contribution in [2.24, 2.45) is 7.05 Å². The number of hydrogen-bond donors (Lipinski definition) is 1. The molecule has 4 aromatic rings. The van der Waals surface area contributed by atoms with Gasteiger partial charge in [-0.3, -0.25) is 4.79 Å². The predicted molar refractivity (Wildman–Crippen MR) is 87.5 cm³/mol. The molecule has 0 bridgehead atoms. The molecule has 0 atom stereocenters. The second kappa shape index (κ2) is 4.61. The van der Waals surface area contributed by atoms with E-state index in [1.807, 2.05) is 29.9 Å². The molecule has 0 unspecified atom stereocenters. The monoisotopic (exact) mass is 307 g/mol. The lowest BCUT2D eigenvalue weighted by molar-refractivity contribution is 0.0956. The van der Waals surface area contributed by atoms with Gasteiger partial charge in [-0.05, 0) is 35.7 Å². The highest BCUT2D eigenvalue weighted by atomic mass is 16.4. The van der Waals surface area contributed by atoms with Crippen molar-refractivity contribution in [1.82, 2.24) is 9.13 Å². The molecule has 0 aliphatic heterocycles. The molecule has 114 valence electrons. The molecule has 2 heterocycles. The van der Waals surface area contributed by atoms with Gasteiger partial charge in [0.15, 0.2) is 5.58 Å². The lowest BCUT2D eigenvalue weighted by atomic mass is 10.1. The second-order valence-electron chi connectivity index (χ2n) is 5.44. The molecule has 0 spiro atoms. The molecular formula is C17H13N3O3. The Morgan fingerprint density at radius 2 is 1.91 bits per heavy atom. The van der Waals surface area contributed by atoms with E-state index in [1.165, 1.54) is 6.07 Å². The van der Waals surface area contributed by atoms with Crippen LogP contribution in [-0.4, -0.2) is 15.0 Å². The number of hydrogen-bond acceptors (Lipinski definition) is 4. The van der Waals surface area contributed by atoms with Crippen molar-refractivity contribution in [3.8, 4) is 0 Å². The third-order valence-electron chi connectivity index (χ3n) is 3.94. The summed E-state index contributed by atoms with van der Waals surface area (Å²) in [5.74, 6) is -1.15. The molecule has 0 saturated carbocycles. The zero-order valence-corrected chi connectivity index (χ0v) is 12.3. The first kappa shape index (κ1) is 13.4. The van der Waals surface area contributed by atoms with Crippen molar-refractivity contribution in [2.75, 3.05) is 5.73 Å². The highest BCUT2D eigenvalue weighted by Crippen LogP contribution is 2.20. The number of carbonyl (C=O) groups is 1. The number of benzene rings is 2. The minimum absolute atomic E-state index is 0.295. The summed E-state index contributed by atoms with van der Waals surface area (Å²) < 4.78 is 8.07. The van der Waals surface area contributed by atoms with E-state index in [9.17, 15) is 9.59 Å². The van der Waals surface area contributed by atoms with Crippen LogP contribution in [-0.2, 0) is 7.05 Å². The van der Waals surface area contributed by atoms with E-state index < -0.39 is 11.7 Å². The fourth-order valence-corrected chi connectivity index (χ4v) is 2.75. The lowest BCUT2D eigenvalue weighted by Gasteiger charge is -2.03. The van der Waals surface area contributed by atoms with Crippen LogP contribution in [0.1, 0.15) is 10.4 Å². The second-order valence-corrected chi connectivity index (χ2v) is 5.44. The van der Waals surface area contributed by atoms with E-state index in [0.29, 0.717) is 22.4 Å². The zero-order valence-electron chi connectivity index (χ0n) is 12.3. The quantitative estimate of drug-likeness (QED) is 0.547. The van der Waals surface area contributed by atoms with Crippen molar-refractivity contribution in [1.29, 1.82) is 0 Å². The average Bonchev–Trinajstić information content (AvgIpc) is 3.05. The minimum Gasteiger partial charge on any atom is -0.407 e. The van der Waals surface area contributed by atoms with Crippen LogP contribution in [0.4, 0.5) is 5.69 Å². The summed E-state index contributed by atoms with van der Waals surface area (Å²) in [6, 6.07) is 12.0. The first-order valence-corrected chi connectivity index (χ1v) is 7.05. The molecule has 0 aliphatic carbocycles.